The molecule has 3 aromatic rings. The molecule has 42 heavy (non-hydrogen) atoms. The molecule has 0 bridgehead atoms. The first-order valence-corrected chi connectivity index (χ1v) is 14.5. The van der Waals surface area contributed by atoms with Crippen molar-refractivity contribution in [1.82, 2.24) is 14.9 Å². The third-order valence-electron chi connectivity index (χ3n) is 7.41. The normalized spacial score (nSPS) is 18.2. The zero-order chi connectivity index (χ0) is 30.2. The van der Waals surface area contributed by atoms with Crippen molar-refractivity contribution in [1.29, 1.82) is 5.26 Å². The van der Waals surface area contributed by atoms with Crippen LogP contribution in [-0.2, 0) is 10.2 Å². The van der Waals surface area contributed by atoms with Crippen molar-refractivity contribution < 1.29 is 14.3 Å². The van der Waals surface area contributed by atoms with Crippen LogP contribution >= 0.6 is 11.6 Å². The number of hydrogen-bond acceptors (Lipinski definition) is 8. The molecular formula is C32H37ClN6O3. The van der Waals surface area contributed by atoms with Gasteiger partial charge in [-0.05, 0) is 89.2 Å². The number of hydrogen-bond donors (Lipinski definition) is 1. The van der Waals surface area contributed by atoms with E-state index in [1.54, 1.807) is 29.3 Å². The third kappa shape index (κ3) is 6.45. The summed E-state index contributed by atoms with van der Waals surface area (Å²) in [6.07, 6.45) is 3.35. The summed E-state index contributed by atoms with van der Waals surface area (Å²) in [4.78, 5) is 26.1. The Bertz CT molecular complexity index is 1540. The highest BCUT2D eigenvalue weighted by atomic mass is 35.5. The van der Waals surface area contributed by atoms with Crippen molar-refractivity contribution >= 4 is 35.0 Å². The molecule has 3 heterocycles. The molecule has 1 fully saturated rings. The number of piperidine rings is 1. The molecular weight excluding hydrogens is 552 g/mol. The smallest absolute Gasteiger partial charge is 0.414 e. The summed E-state index contributed by atoms with van der Waals surface area (Å²) in [6, 6.07) is 13.3. The van der Waals surface area contributed by atoms with E-state index < -0.39 is 17.1 Å². The van der Waals surface area contributed by atoms with Gasteiger partial charge < -0.3 is 19.7 Å². The Morgan fingerprint density at radius 3 is 2.71 bits per heavy atom. The molecule has 1 saturated heterocycles. The lowest BCUT2D eigenvalue weighted by Crippen LogP contribution is -2.38. The standard InChI is InChI=1S/C32H37ClN6O3/c1-31(2,3)42-30(40)39-19-32(4,5)24-15-20(14-21(17-34)28(24)39)25-11-12-35-29(36-25)37-26-16-22(33)9-10-27(26)41-23-8-7-13-38(6)18-23/h9-12,14-16,23H,7-8,13,18-19H2,1-6H3,(H,35,36,37). The number of nitrogens with zero attached hydrogens (tertiary/aromatic N) is 5. The highest BCUT2D eigenvalue weighted by Crippen LogP contribution is 2.45. The first kappa shape index (κ1) is 29.6. The van der Waals surface area contributed by atoms with Crippen LogP contribution < -0.4 is 15.0 Å². The Labute approximate surface area is 252 Å². The number of nitrogens with one attached hydrogen (secondary N) is 1. The van der Waals surface area contributed by atoms with Gasteiger partial charge in [0.05, 0.1) is 22.6 Å². The Morgan fingerprint density at radius 2 is 2.00 bits per heavy atom. The first-order valence-electron chi connectivity index (χ1n) is 14.2. The van der Waals surface area contributed by atoms with Crippen LogP contribution in [0.3, 0.4) is 0 Å². The maximum atomic E-state index is 13.1. The second-order valence-electron chi connectivity index (χ2n) is 12.7. The van der Waals surface area contributed by atoms with Crippen molar-refractivity contribution in [2.24, 2.45) is 0 Å². The summed E-state index contributed by atoms with van der Waals surface area (Å²) >= 11 is 6.35. The molecule has 10 heteroatoms. The van der Waals surface area contributed by atoms with Crippen molar-refractivity contribution in [3.8, 4) is 23.1 Å². The lowest BCUT2D eigenvalue weighted by molar-refractivity contribution is 0.0579. The van der Waals surface area contributed by atoms with E-state index in [-0.39, 0.29) is 6.10 Å². The van der Waals surface area contributed by atoms with Crippen LogP contribution in [0.5, 0.6) is 5.75 Å². The number of anilines is 3. The minimum absolute atomic E-state index is 0.0807. The molecule has 1 unspecified atom stereocenters. The molecule has 2 aromatic carbocycles. The molecule has 1 N–H and O–H groups in total. The van der Waals surface area contributed by atoms with E-state index >= 15 is 0 Å². The van der Waals surface area contributed by atoms with Crippen LogP contribution in [0.4, 0.5) is 22.1 Å². The van der Waals surface area contributed by atoms with Crippen LogP contribution in [0, 0.1) is 11.3 Å². The van der Waals surface area contributed by atoms with E-state index in [9.17, 15) is 10.1 Å². The van der Waals surface area contributed by atoms with Gasteiger partial charge in [-0.1, -0.05) is 25.4 Å². The second kappa shape index (κ2) is 11.4. The average Bonchev–Trinajstić information content (AvgIpc) is 3.20. The van der Waals surface area contributed by atoms with E-state index in [4.69, 9.17) is 26.1 Å². The SMILES string of the molecule is CN1CCCC(Oc2ccc(Cl)cc2Nc2nccc(-c3cc(C#N)c4c(c3)C(C)(C)CN4C(=O)OC(C)(C)C)n2)C1. The number of halogens is 1. The van der Waals surface area contributed by atoms with Crippen molar-refractivity contribution in [3.63, 3.8) is 0 Å². The average molecular weight is 589 g/mol. The largest absolute Gasteiger partial charge is 0.487 e. The zero-order valence-corrected chi connectivity index (χ0v) is 25.7. The van der Waals surface area contributed by atoms with E-state index in [2.05, 4.69) is 42.2 Å². The molecule has 5 rings (SSSR count). The van der Waals surface area contributed by atoms with E-state index in [0.717, 1.165) is 37.1 Å². The monoisotopic (exact) mass is 588 g/mol. The summed E-state index contributed by atoms with van der Waals surface area (Å²) in [7, 11) is 2.10. The summed E-state index contributed by atoms with van der Waals surface area (Å²) < 4.78 is 12.0. The van der Waals surface area contributed by atoms with Gasteiger partial charge in [-0.2, -0.15) is 5.26 Å². The summed E-state index contributed by atoms with van der Waals surface area (Å²) in [5.41, 5.74) is 2.87. The predicted octanol–water partition coefficient (Wildman–Crippen LogP) is 6.92. The second-order valence-corrected chi connectivity index (χ2v) is 13.1. The number of carbonyl (C=O) groups excluding carboxylic acids is 1. The van der Waals surface area contributed by atoms with Crippen LogP contribution in [-0.4, -0.2) is 59.3 Å². The lowest BCUT2D eigenvalue weighted by atomic mass is 9.85. The van der Waals surface area contributed by atoms with Crippen molar-refractivity contribution in [3.05, 3.63) is 58.7 Å². The zero-order valence-electron chi connectivity index (χ0n) is 25.0. The van der Waals surface area contributed by atoms with Crippen LogP contribution in [0.15, 0.2) is 42.6 Å². The third-order valence-corrected chi connectivity index (χ3v) is 7.65. The molecule has 1 amide bonds. The Balaban J connectivity index is 1.46. The molecule has 2 aliphatic rings. The highest BCUT2D eigenvalue weighted by molar-refractivity contribution is 6.31. The van der Waals surface area contributed by atoms with Gasteiger partial charge in [-0.25, -0.2) is 14.8 Å². The molecule has 9 nitrogen and oxygen atoms in total. The quantitative estimate of drug-likeness (QED) is 0.342. The van der Waals surface area contributed by atoms with Gasteiger partial charge in [0.15, 0.2) is 0 Å². The molecule has 1 aromatic heterocycles. The van der Waals surface area contributed by atoms with Crippen LogP contribution in [0.25, 0.3) is 11.3 Å². The molecule has 0 spiro atoms. The van der Waals surface area contributed by atoms with Gasteiger partial charge in [-0.3, -0.25) is 4.90 Å². The number of fused-ring (bicyclic) bond motifs is 1. The Kier molecular flexibility index (Phi) is 8.06. The first-order chi connectivity index (χ1) is 19.8. The maximum absolute atomic E-state index is 13.1. The fraction of sp³-hybridized carbons (Fsp3) is 0.438. The number of rotatable bonds is 5. The van der Waals surface area contributed by atoms with Gasteiger partial charge in [-0.15, -0.1) is 0 Å². The van der Waals surface area contributed by atoms with Crippen molar-refractivity contribution in [2.75, 3.05) is 36.9 Å². The van der Waals surface area contributed by atoms with Gasteiger partial charge in [0, 0.05) is 35.3 Å². The van der Waals surface area contributed by atoms with E-state index in [1.807, 2.05) is 39.0 Å². The number of benzene rings is 2. The van der Waals surface area contributed by atoms with Gasteiger partial charge in [0.25, 0.3) is 0 Å². The predicted molar refractivity (Wildman–Crippen MR) is 165 cm³/mol. The van der Waals surface area contributed by atoms with Gasteiger partial charge >= 0.3 is 6.09 Å². The summed E-state index contributed by atoms with van der Waals surface area (Å²) in [6.45, 7) is 11.9. The van der Waals surface area contributed by atoms with Crippen LogP contribution in [0.1, 0.15) is 58.6 Å². The van der Waals surface area contributed by atoms with E-state index in [1.165, 1.54) is 0 Å². The number of carbonyl (C=O) groups is 1. The van der Waals surface area contributed by atoms with Gasteiger partial charge in [0.1, 0.15) is 23.5 Å². The topological polar surface area (TPSA) is 104 Å². The Morgan fingerprint density at radius 1 is 1.21 bits per heavy atom. The summed E-state index contributed by atoms with van der Waals surface area (Å²) in [5, 5.41) is 14.0. The number of ether oxygens (including phenoxy) is 2. The molecule has 2 aliphatic heterocycles. The molecule has 0 radical (unpaired) electrons. The van der Waals surface area contributed by atoms with Crippen molar-refractivity contribution in [2.45, 2.75) is 64.6 Å². The highest BCUT2D eigenvalue weighted by Gasteiger charge is 2.42. The number of likely N-dealkylation sites (N-methyl/N-ethyl adjacent to an activating group) is 1. The summed E-state index contributed by atoms with van der Waals surface area (Å²) in [5.74, 6) is 1.05. The fourth-order valence-electron chi connectivity index (χ4n) is 5.50. The molecule has 0 saturated carbocycles. The Hall–Kier alpha value is -3.87. The number of nitriles is 1. The fourth-order valence-corrected chi connectivity index (χ4v) is 5.68. The molecule has 220 valence electrons. The minimum atomic E-state index is -0.651. The molecule has 1 atom stereocenters. The molecule has 0 aliphatic carbocycles. The lowest BCUT2D eigenvalue weighted by Gasteiger charge is -2.30. The number of aromatic nitrogens is 2. The number of likely N-dealkylation sites (tertiary alicyclic amines) is 1. The maximum Gasteiger partial charge on any atom is 0.414 e. The number of amides is 1. The van der Waals surface area contributed by atoms with Gasteiger partial charge in [0.2, 0.25) is 5.95 Å². The van der Waals surface area contributed by atoms with Crippen LogP contribution in [0.2, 0.25) is 5.02 Å². The van der Waals surface area contributed by atoms with E-state index in [0.29, 0.717) is 45.9 Å². The minimum Gasteiger partial charge on any atom is -0.487 e.